The Kier molecular flexibility index (Phi) is 9.09. The van der Waals surface area contributed by atoms with E-state index in [4.69, 9.17) is 10.5 Å². The Bertz CT molecular complexity index is 1220. The number of pyridine rings is 1. The Balaban J connectivity index is 1.35. The molecule has 3 aromatic rings. The molecule has 5 N–H and O–H groups in total. The van der Waals surface area contributed by atoms with Crippen LogP contribution in [0.5, 0.6) is 5.75 Å². The van der Waals surface area contributed by atoms with Crippen LogP contribution in [0, 0.1) is 22.9 Å². The molecule has 206 valence electrons. The number of piperidine rings is 1. The Morgan fingerprint density at radius 3 is 2.50 bits per heavy atom. The molecule has 10 heteroatoms. The molecule has 0 saturated carbocycles. The van der Waals surface area contributed by atoms with Crippen LogP contribution in [0.4, 0.5) is 18.9 Å². The molecule has 2 heterocycles. The number of benzene rings is 2. The molecule has 0 bridgehead atoms. The summed E-state index contributed by atoms with van der Waals surface area (Å²) in [5.74, 6) is -2.21. The fourth-order valence-corrected chi connectivity index (χ4v) is 5.29. The summed E-state index contributed by atoms with van der Waals surface area (Å²) in [5, 5.41) is 25.1. The number of nitrogens with one attached hydrogen (secondary N) is 1. The van der Waals surface area contributed by atoms with E-state index in [0.29, 0.717) is 56.9 Å². The second-order valence-electron chi connectivity index (χ2n) is 10.0. The maximum atomic E-state index is 13.8. The van der Waals surface area contributed by atoms with E-state index >= 15 is 0 Å². The Hall–Kier alpha value is -2.92. The van der Waals surface area contributed by atoms with Crippen molar-refractivity contribution in [1.82, 2.24) is 9.88 Å². The molecule has 0 radical (unpaired) electrons. The normalized spacial score (nSPS) is 16.5. The number of ether oxygens (including phenoxy) is 1. The molecule has 1 aromatic heterocycles. The SMILES string of the molecule is COc1ccc2ncc(CN)c([C@H](O)CCC3(CO)CCN(CCNc4c(F)cc(F)cc4F)CC3)c2c1. The molecular formula is C28H35F3N4O3. The summed E-state index contributed by atoms with van der Waals surface area (Å²) >= 11 is 0. The summed E-state index contributed by atoms with van der Waals surface area (Å²) in [4.78, 5) is 6.62. The monoisotopic (exact) mass is 532 g/mol. The van der Waals surface area contributed by atoms with Crippen molar-refractivity contribution in [3.05, 3.63) is 65.1 Å². The zero-order chi connectivity index (χ0) is 27.3. The molecule has 0 unspecified atom stereocenters. The van der Waals surface area contributed by atoms with Crippen molar-refractivity contribution in [2.45, 2.75) is 38.3 Å². The number of halogens is 3. The molecule has 38 heavy (non-hydrogen) atoms. The van der Waals surface area contributed by atoms with Crippen LogP contribution in [0.25, 0.3) is 10.9 Å². The molecule has 0 spiro atoms. The van der Waals surface area contributed by atoms with Crippen molar-refractivity contribution in [1.29, 1.82) is 0 Å². The number of hydrogen-bond donors (Lipinski definition) is 4. The largest absolute Gasteiger partial charge is 0.497 e. The van der Waals surface area contributed by atoms with E-state index in [1.165, 1.54) is 0 Å². The van der Waals surface area contributed by atoms with Crippen LogP contribution in [0.2, 0.25) is 0 Å². The highest BCUT2D eigenvalue weighted by atomic mass is 19.1. The molecule has 0 aliphatic carbocycles. The summed E-state index contributed by atoms with van der Waals surface area (Å²) < 4.78 is 46.2. The minimum absolute atomic E-state index is 0.00642. The van der Waals surface area contributed by atoms with Crippen molar-refractivity contribution >= 4 is 16.6 Å². The summed E-state index contributed by atoms with van der Waals surface area (Å²) in [6, 6.07) is 6.84. The fourth-order valence-electron chi connectivity index (χ4n) is 5.29. The number of rotatable bonds is 11. The van der Waals surface area contributed by atoms with Crippen molar-refractivity contribution in [2.75, 3.05) is 45.2 Å². The van der Waals surface area contributed by atoms with Gasteiger partial charge in [0, 0.05) is 50.0 Å². The number of likely N-dealkylation sites (tertiary alicyclic amines) is 1. The van der Waals surface area contributed by atoms with Gasteiger partial charge in [-0.1, -0.05) is 0 Å². The lowest BCUT2D eigenvalue weighted by Crippen LogP contribution is -2.43. The lowest BCUT2D eigenvalue weighted by atomic mass is 9.74. The third-order valence-corrected chi connectivity index (χ3v) is 7.69. The first kappa shape index (κ1) is 28.1. The van der Waals surface area contributed by atoms with E-state index < -0.39 is 23.6 Å². The second-order valence-corrected chi connectivity index (χ2v) is 10.0. The zero-order valence-electron chi connectivity index (χ0n) is 21.5. The van der Waals surface area contributed by atoms with Gasteiger partial charge in [-0.05, 0) is 73.5 Å². The van der Waals surface area contributed by atoms with Gasteiger partial charge in [0.15, 0.2) is 11.6 Å². The number of nitrogens with two attached hydrogens (primary N) is 1. The summed E-state index contributed by atoms with van der Waals surface area (Å²) in [6.07, 6.45) is 3.45. The molecule has 1 atom stereocenters. The number of fused-ring (bicyclic) bond motifs is 1. The van der Waals surface area contributed by atoms with E-state index in [0.717, 1.165) is 34.9 Å². The maximum absolute atomic E-state index is 13.8. The molecule has 2 aromatic carbocycles. The number of hydrogen-bond acceptors (Lipinski definition) is 7. The van der Waals surface area contributed by atoms with Crippen LogP contribution in [0.1, 0.15) is 42.9 Å². The number of methoxy groups -OCH3 is 1. The third-order valence-electron chi connectivity index (χ3n) is 7.69. The third kappa shape index (κ3) is 6.20. The van der Waals surface area contributed by atoms with Gasteiger partial charge in [-0.25, -0.2) is 13.2 Å². The predicted molar refractivity (Wildman–Crippen MR) is 140 cm³/mol. The van der Waals surface area contributed by atoms with Gasteiger partial charge in [-0.15, -0.1) is 0 Å². The minimum Gasteiger partial charge on any atom is -0.497 e. The quantitative estimate of drug-likeness (QED) is 0.295. The van der Waals surface area contributed by atoms with E-state index in [1.807, 2.05) is 18.2 Å². The molecule has 1 fully saturated rings. The van der Waals surface area contributed by atoms with Crippen LogP contribution in [0.3, 0.4) is 0 Å². The number of aromatic nitrogens is 1. The number of nitrogens with zero attached hydrogens (tertiary/aromatic N) is 2. The first-order valence-electron chi connectivity index (χ1n) is 12.8. The first-order chi connectivity index (χ1) is 18.3. The second kappa shape index (κ2) is 12.3. The average molecular weight is 533 g/mol. The topological polar surface area (TPSA) is 104 Å². The van der Waals surface area contributed by atoms with Gasteiger partial charge >= 0.3 is 0 Å². The summed E-state index contributed by atoms with van der Waals surface area (Å²) in [6.45, 7) is 2.50. The van der Waals surface area contributed by atoms with Crippen molar-refractivity contribution < 1.29 is 28.1 Å². The molecule has 1 aliphatic heterocycles. The van der Waals surface area contributed by atoms with E-state index in [9.17, 15) is 23.4 Å². The van der Waals surface area contributed by atoms with Crippen molar-refractivity contribution in [3.8, 4) is 5.75 Å². The van der Waals surface area contributed by atoms with E-state index in [1.54, 1.807) is 13.3 Å². The molecule has 7 nitrogen and oxygen atoms in total. The number of aliphatic hydroxyl groups is 2. The lowest BCUT2D eigenvalue weighted by molar-refractivity contribution is 0.0247. The van der Waals surface area contributed by atoms with Gasteiger partial charge in [0.25, 0.3) is 0 Å². The van der Waals surface area contributed by atoms with E-state index in [2.05, 4.69) is 15.2 Å². The summed E-state index contributed by atoms with van der Waals surface area (Å²) in [7, 11) is 1.59. The Morgan fingerprint density at radius 2 is 1.87 bits per heavy atom. The van der Waals surface area contributed by atoms with Crippen LogP contribution in [-0.2, 0) is 6.54 Å². The predicted octanol–water partition coefficient (Wildman–Crippen LogP) is 4.12. The van der Waals surface area contributed by atoms with Gasteiger partial charge < -0.3 is 30.9 Å². The van der Waals surface area contributed by atoms with E-state index in [-0.39, 0.29) is 24.3 Å². The average Bonchev–Trinajstić information content (AvgIpc) is 2.92. The smallest absolute Gasteiger partial charge is 0.152 e. The maximum Gasteiger partial charge on any atom is 0.152 e. The van der Waals surface area contributed by atoms with Gasteiger partial charge in [-0.2, -0.15) is 0 Å². The molecule has 4 rings (SSSR count). The fraction of sp³-hybridized carbons (Fsp3) is 0.464. The Morgan fingerprint density at radius 1 is 1.16 bits per heavy atom. The number of anilines is 1. The van der Waals surface area contributed by atoms with Crippen molar-refractivity contribution in [2.24, 2.45) is 11.1 Å². The molecule has 1 saturated heterocycles. The highest BCUT2D eigenvalue weighted by molar-refractivity contribution is 5.85. The van der Waals surface area contributed by atoms with Crippen LogP contribution < -0.4 is 15.8 Å². The van der Waals surface area contributed by atoms with Crippen LogP contribution >= 0.6 is 0 Å². The molecule has 1 aliphatic rings. The zero-order valence-corrected chi connectivity index (χ0v) is 21.5. The van der Waals surface area contributed by atoms with Gasteiger partial charge in [-0.3, -0.25) is 4.98 Å². The lowest BCUT2D eigenvalue weighted by Gasteiger charge is -2.41. The van der Waals surface area contributed by atoms with Crippen molar-refractivity contribution in [3.63, 3.8) is 0 Å². The van der Waals surface area contributed by atoms with Gasteiger partial charge in [0.2, 0.25) is 0 Å². The summed E-state index contributed by atoms with van der Waals surface area (Å²) in [5.41, 5.74) is 7.56. The van der Waals surface area contributed by atoms with Gasteiger partial charge in [0.05, 0.1) is 18.7 Å². The highest BCUT2D eigenvalue weighted by Gasteiger charge is 2.34. The highest BCUT2D eigenvalue weighted by Crippen LogP contribution is 2.39. The molecular weight excluding hydrogens is 497 g/mol. The first-order valence-corrected chi connectivity index (χ1v) is 12.8. The van der Waals surface area contributed by atoms with Gasteiger partial charge in [0.1, 0.15) is 17.3 Å². The van der Waals surface area contributed by atoms with Crippen LogP contribution in [0.15, 0.2) is 36.5 Å². The van der Waals surface area contributed by atoms with Crippen LogP contribution in [-0.4, -0.2) is 60.0 Å². The Labute approximate surface area is 220 Å². The number of aliphatic hydroxyl groups excluding tert-OH is 2. The standard InChI is InChI=1S/C28H35F3N4O3/c1-38-20-2-3-24-21(14-20)26(18(15-32)16-34-24)25(37)4-5-28(17-36)6-9-35(10-7-28)11-8-33-27-22(30)12-19(29)13-23(27)31/h2-3,12-14,16,25,33,36-37H,4-11,15,17,32H2,1H3/t25-/m1/s1. The minimum atomic E-state index is -0.961. The molecule has 0 amide bonds.